The third-order valence-electron chi connectivity index (χ3n) is 2.99. The van der Waals surface area contributed by atoms with Gasteiger partial charge in [-0.1, -0.05) is 13.3 Å². The Morgan fingerprint density at radius 2 is 2.05 bits per heavy atom. The zero-order valence-electron chi connectivity index (χ0n) is 11.5. The Labute approximate surface area is 119 Å². The lowest BCUT2D eigenvalue weighted by Gasteiger charge is -2.21. The zero-order chi connectivity index (χ0) is 15.2. The van der Waals surface area contributed by atoms with E-state index in [9.17, 15) is 12.8 Å². The van der Waals surface area contributed by atoms with Gasteiger partial charge >= 0.3 is 0 Å². The van der Waals surface area contributed by atoms with E-state index in [-0.39, 0.29) is 30.2 Å². The second-order valence-corrected chi connectivity index (χ2v) is 6.38. The molecule has 0 saturated heterocycles. The smallest absolute Gasteiger partial charge is 0.243 e. The van der Waals surface area contributed by atoms with Gasteiger partial charge in [0.2, 0.25) is 10.0 Å². The number of hydrogen-bond donors (Lipinski definition) is 2. The van der Waals surface area contributed by atoms with Gasteiger partial charge < -0.3 is 10.8 Å². The van der Waals surface area contributed by atoms with Crippen LogP contribution in [0.5, 0.6) is 0 Å². The van der Waals surface area contributed by atoms with Gasteiger partial charge in [0.15, 0.2) is 0 Å². The van der Waals surface area contributed by atoms with Gasteiger partial charge in [0.05, 0.1) is 11.5 Å². The fourth-order valence-electron chi connectivity index (χ4n) is 1.82. The van der Waals surface area contributed by atoms with Crippen molar-refractivity contribution in [2.45, 2.75) is 31.2 Å². The standard InChI is InChI=1S/C13H21FN2O3S/c1-2-3-6-16(7-8-17)20(18,19)12-4-5-13(14)11(9-12)10-15/h4-5,9,17H,2-3,6-8,10,15H2,1H3. The van der Waals surface area contributed by atoms with Gasteiger partial charge in [-0.15, -0.1) is 0 Å². The van der Waals surface area contributed by atoms with Crippen molar-refractivity contribution in [1.82, 2.24) is 4.31 Å². The Balaban J connectivity index is 3.11. The molecule has 114 valence electrons. The molecule has 0 atom stereocenters. The molecule has 1 rings (SSSR count). The first-order valence-electron chi connectivity index (χ1n) is 6.56. The first-order chi connectivity index (χ1) is 9.47. The van der Waals surface area contributed by atoms with Gasteiger partial charge in [0, 0.05) is 25.2 Å². The van der Waals surface area contributed by atoms with E-state index in [1.807, 2.05) is 6.92 Å². The molecule has 1 aromatic carbocycles. The van der Waals surface area contributed by atoms with Gasteiger partial charge in [0.1, 0.15) is 5.82 Å². The molecule has 0 fully saturated rings. The lowest BCUT2D eigenvalue weighted by molar-refractivity contribution is 0.252. The minimum Gasteiger partial charge on any atom is -0.395 e. The molecule has 0 heterocycles. The Bertz CT molecular complexity index is 534. The molecule has 3 N–H and O–H groups in total. The molecular weight excluding hydrogens is 283 g/mol. The van der Waals surface area contributed by atoms with Crippen LogP contribution in [0, 0.1) is 5.82 Å². The quantitative estimate of drug-likeness (QED) is 0.752. The van der Waals surface area contributed by atoms with E-state index >= 15 is 0 Å². The summed E-state index contributed by atoms with van der Waals surface area (Å²) in [6.07, 6.45) is 1.54. The lowest BCUT2D eigenvalue weighted by Crippen LogP contribution is -2.34. The largest absolute Gasteiger partial charge is 0.395 e. The molecule has 0 aliphatic heterocycles. The molecule has 7 heteroatoms. The summed E-state index contributed by atoms with van der Waals surface area (Å²) < 4.78 is 39.5. The Morgan fingerprint density at radius 3 is 2.60 bits per heavy atom. The summed E-state index contributed by atoms with van der Waals surface area (Å²) in [4.78, 5) is 0.00361. The Kier molecular flexibility index (Phi) is 6.54. The molecule has 0 unspecified atom stereocenters. The summed E-state index contributed by atoms with van der Waals surface area (Å²) in [5.74, 6) is -0.520. The van der Waals surface area contributed by atoms with E-state index in [1.54, 1.807) is 0 Å². The summed E-state index contributed by atoms with van der Waals surface area (Å²) in [6, 6.07) is 3.58. The number of rotatable bonds is 8. The number of hydrogen-bond acceptors (Lipinski definition) is 4. The van der Waals surface area contributed by atoms with Crippen molar-refractivity contribution >= 4 is 10.0 Å². The van der Waals surface area contributed by atoms with Crippen molar-refractivity contribution in [3.8, 4) is 0 Å². The highest BCUT2D eigenvalue weighted by molar-refractivity contribution is 7.89. The molecular formula is C13H21FN2O3S. The number of sulfonamides is 1. The SMILES string of the molecule is CCCCN(CCO)S(=O)(=O)c1ccc(F)c(CN)c1. The van der Waals surface area contributed by atoms with Crippen molar-refractivity contribution in [2.24, 2.45) is 5.73 Å². The van der Waals surface area contributed by atoms with E-state index in [0.717, 1.165) is 12.5 Å². The predicted molar refractivity (Wildman–Crippen MR) is 75.0 cm³/mol. The molecule has 20 heavy (non-hydrogen) atoms. The fraction of sp³-hybridized carbons (Fsp3) is 0.538. The molecule has 0 spiro atoms. The van der Waals surface area contributed by atoms with Crippen LogP contribution >= 0.6 is 0 Å². The van der Waals surface area contributed by atoms with Crippen LogP contribution < -0.4 is 5.73 Å². The van der Waals surface area contributed by atoms with E-state index in [2.05, 4.69) is 0 Å². The second-order valence-electron chi connectivity index (χ2n) is 4.44. The van der Waals surface area contributed by atoms with E-state index in [4.69, 9.17) is 10.8 Å². The summed E-state index contributed by atoms with van der Waals surface area (Å²) in [7, 11) is -3.73. The van der Waals surface area contributed by atoms with Crippen molar-refractivity contribution in [3.05, 3.63) is 29.6 Å². The fourth-order valence-corrected chi connectivity index (χ4v) is 3.34. The molecule has 1 aromatic rings. The summed E-state index contributed by atoms with van der Waals surface area (Å²) >= 11 is 0. The molecule has 0 bridgehead atoms. The van der Waals surface area contributed by atoms with Crippen LogP contribution in [0.15, 0.2) is 23.1 Å². The Morgan fingerprint density at radius 1 is 1.35 bits per heavy atom. The number of nitrogens with two attached hydrogens (primary N) is 1. The maximum Gasteiger partial charge on any atom is 0.243 e. The van der Waals surface area contributed by atoms with Crippen LogP contribution in [0.25, 0.3) is 0 Å². The van der Waals surface area contributed by atoms with Gasteiger partial charge in [-0.3, -0.25) is 0 Å². The normalized spacial score (nSPS) is 12.1. The van der Waals surface area contributed by atoms with Gasteiger partial charge in [-0.25, -0.2) is 12.8 Å². The molecule has 0 aliphatic rings. The number of benzene rings is 1. The second kappa shape index (κ2) is 7.68. The van der Waals surface area contributed by atoms with Gasteiger partial charge in [-0.2, -0.15) is 4.31 Å². The summed E-state index contributed by atoms with van der Waals surface area (Å²) in [5, 5.41) is 9.01. The predicted octanol–water partition coefficient (Wildman–Crippen LogP) is 1.07. The van der Waals surface area contributed by atoms with E-state index in [0.29, 0.717) is 13.0 Å². The highest BCUT2D eigenvalue weighted by atomic mass is 32.2. The number of aliphatic hydroxyl groups excluding tert-OH is 1. The minimum atomic E-state index is -3.73. The van der Waals surface area contributed by atoms with Crippen LogP contribution in [0.1, 0.15) is 25.3 Å². The van der Waals surface area contributed by atoms with Crippen LogP contribution in [-0.4, -0.2) is 37.5 Å². The average molecular weight is 304 g/mol. The molecule has 0 radical (unpaired) electrons. The van der Waals surface area contributed by atoms with Gasteiger partial charge in [0.25, 0.3) is 0 Å². The highest BCUT2D eigenvalue weighted by Crippen LogP contribution is 2.19. The minimum absolute atomic E-state index is 0.00361. The molecule has 0 amide bonds. The number of halogens is 1. The maximum absolute atomic E-state index is 13.4. The average Bonchev–Trinajstić information content (AvgIpc) is 2.43. The third-order valence-corrected chi connectivity index (χ3v) is 4.88. The van der Waals surface area contributed by atoms with E-state index < -0.39 is 15.8 Å². The monoisotopic (exact) mass is 304 g/mol. The Hall–Kier alpha value is -1.02. The number of aliphatic hydroxyl groups is 1. The lowest BCUT2D eigenvalue weighted by atomic mass is 10.2. The van der Waals surface area contributed by atoms with E-state index in [1.165, 1.54) is 16.4 Å². The summed E-state index contributed by atoms with van der Waals surface area (Å²) in [6.45, 7) is 1.98. The molecule has 0 aromatic heterocycles. The summed E-state index contributed by atoms with van der Waals surface area (Å²) in [5.41, 5.74) is 5.55. The van der Waals surface area contributed by atoms with Crippen molar-refractivity contribution in [1.29, 1.82) is 0 Å². The van der Waals surface area contributed by atoms with Crippen molar-refractivity contribution < 1.29 is 17.9 Å². The first kappa shape index (κ1) is 17.0. The topological polar surface area (TPSA) is 83.6 Å². The molecule has 0 aliphatic carbocycles. The first-order valence-corrected chi connectivity index (χ1v) is 8.00. The third kappa shape index (κ3) is 3.99. The molecule has 5 nitrogen and oxygen atoms in total. The molecule has 0 saturated carbocycles. The van der Waals surface area contributed by atoms with Crippen LogP contribution in [0.2, 0.25) is 0 Å². The van der Waals surface area contributed by atoms with Crippen LogP contribution in [0.4, 0.5) is 4.39 Å². The zero-order valence-corrected chi connectivity index (χ0v) is 12.4. The van der Waals surface area contributed by atoms with Crippen LogP contribution in [0.3, 0.4) is 0 Å². The number of unbranched alkanes of at least 4 members (excludes halogenated alkanes) is 1. The highest BCUT2D eigenvalue weighted by Gasteiger charge is 2.24. The maximum atomic E-state index is 13.4. The van der Waals surface area contributed by atoms with Gasteiger partial charge in [-0.05, 0) is 24.6 Å². The number of nitrogens with zero attached hydrogens (tertiary/aromatic N) is 1. The van der Waals surface area contributed by atoms with Crippen molar-refractivity contribution in [3.63, 3.8) is 0 Å². The van der Waals surface area contributed by atoms with Crippen LogP contribution in [-0.2, 0) is 16.6 Å². The van der Waals surface area contributed by atoms with Crippen molar-refractivity contribution in [2.75, 3.05) is 19.7 Å².